The molecule has 1 heterocycles. The number of nitrogens with zero attached hydrogens (tertiary/aromatic N) is 1. The van der Waals surface area contributed by atoms with Gasteiger partial charge in [-0.1, -0.05) is 13.0 Å². The molecule has 0 aromatic carbocycles. The zero-order chi connectivity index (χ0) is 11.7. The van der Waals surface area contributed by atoms with Crippen molar-refractivity contribution in [2.75, 3.05) is 13.6 Å². The van der Waals surface area contributed by atoms with E-state index in [2.05, 4.69) is 29.9 Å². The molecule has 16 heavy (non-hydrogen) atoms. The molecule has 1 saturated carbocycles. The minimum absolute atomic E-state index is 0.380. The van der Waals surface area contributed by atoms with Gasteiger partial charge in [0.2, 0.25) is 0 Å². The molecule has 1 aliphatic heterocycles. The Morgan fingerprint density at radius 1 is 1.69 bits per heavy atom. The first-order valence-corrected chi connectivity index (χ1v) is 6.20. The van der Waals surface area contributed by atoms with Gasteiger partial charge in [0.1, 0.15) is 0 Å². The molecule has 2 aliphatic rings. The third-order valence-electron chi connectivity index (χ3n) is 3.86. The molecule has 0 aromatic heterocycles. The quantitative estimate of drug-likeness (QED) is 0.738. The van der Waals surface area contributed by atoms with E-state index in [0.717, 1.165) is 12.1 Å². The SMILES string of the molecule is C=C(C)C1=CN1CC(NC)C1CCCC1N. The van der Waals surface area contributed by atoms with Gasteiger partial charge in [0.25, 0.3) is 0 Å². The van der Waals surface area contributed by atoms with Crippen molar-refractivity contribution in [2.45, 2.75) is 38.3 Å². The molecule has 0 bridgehead atoms. The lowest BCUT2D eigenvalue weighted by atomic mass is 9.94. The highest BCUT2D eigenvalue weighted by molar-refractivity contribution is 5.37. The number of hydrogen-bond acceptors (Lipinski definition) is 3. The maximum atomic E-state index is 6.15. The van der Waals surface area contributed by atoms with Crippen LogP contribution >= 0.6 is 0 Å². The van der Waals surface area contributed by atoms with Gasteiger partial charge in [0.05, 0.1) is 5.70 Å². The Kier molecular flexibility index (Phi) is 3.36. The average molecular weight is 221 g/mol. The number of nitrogens with one attached hydrogen (secondary N) is 1. The second-order valence-corrected chi connectivity index (χ2v) is 5.10. The summed E-state index contributed by atoms with van der Waals surface area (Å²) < 4.78 is 0. The summed E-state index contributed by atoms with van der Waals surface area (Å²) in [4.78, 5) is 2.29. The monoisotopic (exact) mass is 221 g/mol. The largest absolute Gasteiger partial charge is 0.343 e. The zero-order valence-electron chi connectivity index (χ0n) is 10.4. The van der Waals surface area contributed by atoms with Gasteiger partial charge < -0.3 is 16.0 Å². The molecule has 0 saturated heterocycles. The molecule has 3 atom stereocenters. The molecule has 3 N–H and O–H groups in total. The van der Waals surface area contributed by atoms with Gasteiger partial charge in [0.15, 0.2) is 0 Å². The van der Waals surface area contributed by atoms with Crippen molar-refractivity contribution in [3.63, 3.8) is 0 Å². The molecule has 0 radical (unpaired) electrons. The highest BCUT2D eigenvalue weighted by Gasteiger charge is 2.33. The second-order valence-electron chi connectivity index (χ2n) is 5.10. The fourth-order valence-corrected chi connectivity index (χ4v) is 2.79. The molecule has 0 spiro atoms. The average Bonchev–Trinajstić information content (AvgIpc) is 2.90. The first kappa shape index (κ1) is 11.7. The summed E-state index contributed by atoms with van der Waals surface area (Å²) in [5, 5.41) is 3.42. The van der Waals surface area contributed by atoms with Crippen LogP contribution in [0.2, 0.25) is 0 Å². The number of likely N-dealkylation sites (N-methyl/N-ethyl adjacent to an activating group) is 1. The molecule has 1 fully saturated rings. The third kappa shape index (κ3) is 2.30. The van der Waals surface area contributed by atoms with Crippen molar-refractivity contribution >= 4 is 0 Å². The first-order chi connectivity index (χ1) is 7.63. The number of allylic oxidation sites excluding steroid dienone is 1. The van der Waals surface area contributed by atoms with Crippen molar-refractivity contribution in [2.24, 2.45) is 11.7 Å². The predicted octanol–water partition coefficient (Wildman–Crippen LogP) is 1.43. The summed E-state index contributed by atoms with van der Waals surface area (Å²) in [6, 6.07) is 0.885. The van der Waals surface area contributed by atoms with E-state index in [0.29, 0.717) is 18.0 Å². The molecule has 1 aliphatic carbocycles. The van der Waals surface area contributed by atoms with Crippen LogP contribution in [0.4, 0.5) is 0 Å². The van der Waals surface area contributed by atoms with Gasteiger partial charge in [-0.2, -0.15) is 0 Å². The van der Waals surface area contributed by atoms with Crippen LogP contribution in [0.15, 0.2) is 24.0 Å². The Bertz CT molecular complexity index is 308. The summed E-state index contributed by atoms with van der Waals surface area (Å²) in [6.45, 7) is 7.05. The van der Waals surface area contributed by atoms with Gasteiger partial charge in [-0.3, -0.25) is 0 Å². The van der Waals surface area contributed by atoms with Crippen LogP contribution in [0.3, 0.4) is 0 Å². The van der Waals surface area contributed by atoms with E-state index in [1.807, 2.05) is 7.05 Å². The Morgan fingerprint density at radius 2 is 2.44 bits per heavy atom. The van der Waals surface area contributed by atoms with Crippen molar-refractivity contribution in [3.8, 4) is 0 Å². The van der Waals surface area contributed by atoms with Crippen LogP contribution in [0.1, 0.15) is 26.2 Å². The standard InChI is InChI=1S/C13H23N3/c1-9(2)13-8-16(13)7-12(15-3)10-5-4-6-11(10)14/h8,10-12,15H,1,4-7,14H2,2-3H3. The van der Waals surface area contributed by atoms with E-state index >= 15 is 0 Å². The molecule has 3 heteroatoms. The summed E-state index contributed by atoms with van der Waals surface area (Å²) in [5.74, 6) is 0.630. The first-order valence-electron chi connectivity index (χ1n) is 6.20. The van der Waals surface area contributed by atoms with Crippen LogP contribution in [0, 0.1) is 5.92 Å². The smallest absolute Gasteiger partial charge is 0.0596 e. The molecule has 0 amide bonds. The Balaban J connectivity index is 1.85. The maximum absolute atomic E-state index is 6.15. The highest BCUT2D eigenvalue weighted by Crippen LogP contribution is 2.32. The van der Waals surface area contributed by atoms with Gasteiger partial charge in [0, 0.05) is 24.8 Å². The van der Waals surface area contributed by atoms with Gasteiger partial charge in [-0.25, -0.2) is 0 Å². The summed E-state index contributed by atoms with van der Waals surface area (Å²) in [5.41, 5.74) is 8.61. The minimum Gasteiger partial charge on any atom is -0.343 e. The lowest BCUT2D eigenvalue weighted by Gasteiger charge is -2.27. The highest BCUT2D eigenvalue weighted by atomic mass is 15.2. The Morgan fingerprint density at radius 3 is 2.88 bits per heavy atom. The van der Waals surface area contributed by atoms with Crippen molar-refractivity contribution < 1.29 is 0 Å². The number of rotatable bonds is 5. The van der Waals surface area contributed by atoms with E-state index < -0.39 is 0 Å². The number of nitrogens with two attached hydrogens (primary N) is 1. The second kappa shape index (κ2) is 4.60. The Labute approximate surface area is 98.4 Å². The van der Waals surface area contributed by atoms with Crippen LogP contribution in [0.25, 0.3) is 0 Å². The summed E-state index contributed by atoms with van der Waals surface area (Å²) >= 11 is 0. The van der Waals surface area contributed by atoms with Crippen LogP contribution in [-0.4, -0.2) is 30.6 Å². The van der Waals surface area contributed by atoms with E-state index in [4.69, 9.17) is 5.73 Å². The molecular formula is C13H23N3. The fourth-order valence-electron chi connectivity index (χ4n) is 2.79. The van der Waals surface area contributed by atoms with Crippen molar-refractivity contribution in [3.05, 3.63) is 24.0 Å². The lowest BCUT2D eigenvalue weighted by molar-refractivity contribution is 0.310. The summed E-state index contributed by atoms with van der Waals surface area (Å²) in [6.07, 6.45) is 5.91. The molecular weight excluding hydrogens is 198 g/mol. The molecule has 2 rings (SSSR count). The van der Waals surface area contributed by atoms with Crippen LogP contribution in [-0.2, 0) is 0 Å². The Hall–Kier alpha value is -0.800. The van der Waals surface area contributed by atoms with Gasteiger partial charge >= 0.3 is 0 Å². The fraction of sp³-hybridized carbons (Fsp3) is 0.692. The molecule has 0 aromatic rings. The van der Waals surface area contributed by atoms with E-state index in [9.17, 15) is 0 Å². The lowest BCUT2D eigenvalue weighted by Crippen LogP contribution is -2.45. The van der Waals surface area contributed by atoms with Crippen molar-refractivity contribution in [1.82, 2.24) is 10.2 Å². The summed E-state index contributed by atoms with van der Waals surface area (Å²) in [7, 11) is 2.04. The number of hydrogen-bond donors (Lipinski definition) is 2. The van der Waals surface area contributed by atoms with E-state index in [1.54, 1.807) is 0 Å². The predicted molar refractivity (Wildman–Crippen MR) is 67.8 cm³/mol. The molecule has 90 valence electrons. The van der Waals surface area contributed by atoms with Crippen LogP contribution in [0.5, 0.6) is 0 Å². The van der Waals surface area contributed by atoms with Gasteiger partial charge in [-0.15, -0.1) is 0 Å². The third-order valence-corrected chi connectivity index (χ3v) is 3.86. The minimum atomic E-state index is 0.380. The molecule has 3 nitrogen and oxygen atoms in total. The van der Waals surface area contributed by atoms with Crippen molar-refractivity contribution in [1.29, 1.82) is 0 Å². The molecule has 3 unspecified atom stereocenters. The normalized spacial score (nSPS) is 30.2. The zero-order valence-corrected chi connectivity index (χ0v) is 10.4. The van der Waals surface area contributed by atoms with Gasteiger partial charge in [-0.05, 0) is 38.3 Å². The van der Waals surface area contributed by atoms with E-state index in [-0.39, 0.29) is 0 Å². The van der Waals surface area contributed by atoms with Crippen LogP contribution < -0.4 is 11.1 Å². The van der Waals surface area contributed by atoms with E-state index in [1.165, 1.54) is 25.0 Å². The topological polar surface area (TPSA) is 41.1 Å². The maximum Gasteiger partial charge on any atom is 0.0596 e.